The molecule has 0 bridgehead atoms. The molecule has 6 nitrogen and oxygen atoms in total. The molecular weight excluding hydrogens is 334 g/mol. The van der Waals surface area contributed by atoms with Crippen LogP contribution in [-0.4, -0.2) is 28.4 Å². The van der Waals surface area contributed by atoms with Gasteiger partial charge in [0.15, 0.2) is 0 Å². The lowest BCUT2D eigenvalue weighted by Gasteiger charge is -2.19. The molecule has 2 aromatic rings. The highest BCUT2D eigenvalue weighted by Crippen LogP contribution is 2.35. The van der Waals surface area contributed by atoms with Crippen LogP contribution in [0.15, 0.2) is 9.98 Å². The van der Waals surface area contributed by atoms with E-state index in [9.17, 15) is 4.79 Å². The fourth-order valence-corrected chi connectivity index (χ4v) is 2.91. The van der Waals surface area contributed by atoms with Crippen molar-refractivity contribution in [2.24, 2.45) is 0 Å². The third-order valence-electron chi connectivity index (χ3n) is 2.10. The fraction of sp³-hybridized carbons (Fsp3) is 0.455. The number of anilines is 1. The summed E-state index contributed by atoms with van der Waals surface area (Å²) in [5.74, 6) is 0.346. The van der Waals surface area contributed by atoms with E-state index in [4.69, 9.17) is 9.47 Å². The molecule has 0 fully saturated rings. The number of methoxy groups -OCH3 is 1. The Labute approximate surface area is 122 Å². The van der Waals surface area contributed by atoms with Crippen molar-refractivity contribution < 1.29 is 14.3 Å². The number of rotatable bonds is 2. The number of nitrogens with zero attached hydrogens (tertiary/aromatic N) is 2. The van der Waals surface area contributed by atoms with Crippen molar-refractivity contribution in [1.82, 2.24) is 9.61 Å². The smallest absolute Gasteiger partial charge is 0.412 e. The highest BCUT2D eigenvalue weighted by molar-refractivity contribution is 9.10. The maximum atomic E-state index is 11.8. The summed E-state index contributed by atoms with van der Waals surface area (Å²) in [4.78, 5) is 12.6. The van der Waals surface area contributed by atoms with Gasteiger partial charge in [0.1, 0.15) is 20.7 Å². The Balaban J connectivity index is 2.31. The normalized spacial score (nSPS) is 11.6. The Morgan fingerprint density at radius 3 is 2.79 bits per heavy atom. The number of fused-ring (bicyclic) bond motifs is 1. The minimum atomic E-state index is -0.556. The number of ether oxygens (including phenoxy) is 2. The number of halogens is 1. The Morgan fingerprint density at radius 1 is 1.53 bits per heavy atom. The number of carbonyl (C=O) groups excluding carboxylic acids is 1. The average molecular weight is 348 g/mol. The predicted molar refractivity (Wildman–Crippen MR) is 77.2 cm³/mol. The molecule has 0 unspecified atom stereocenters. The van der Waals surface area contributed by atoms with E-state index < -0.39 is 11.7 Å². The lowest BCUT2D eigenvalue weighted by Crippen LogP contribution is -2.27. The van der Waals surface area contributed by atoms with Gasteiger partial charge in [0.25, 0.3) is 5.88 Å². The second-order valence-electron chi connectivity index (χ2n) is 4.79. The van der Waals surface area contributed by atoms with Gasteiger partial charge >= 0.3 is 6.09 Å². The van der Waals surface area contributed by atoms with Crippen LogP contribution in [0.25, 0.3) is 4.83 Å². The number of amides is 1. The molecule has 0 aromatic carbocycles. The lowest BCUT2D eigenvalue weighted by molar-refractivity contribution is 0.0635. The molecule has 0 saturated heterocycles. The number of hydrogen-bond donors (Lipinski definition) is 1. The van der Waals surface area contributed by atoms with E-state index in [1.54, 1.807) is 25.3 Å². The molecule has 2 rings (SSSR count). The van der Waals surface area contributed by atoms with E-state index in [0.29, 0.717) is 11.6 Å². The summed E-state index contributed by atoms with van der Waals surface area (Å²) in [7, 11) is 1.50. The van der Waals surface area contributed by atoms with Crippen LogP contribution in [0.3, 0.4) is 0 Å². The van der Waals surface area contributed by atoms with Gasteiger partial charge in [0.2, 0.25) is 0 Å². The van der Waals surface area contributed by atoms with Crippen LogP contribution in [0.5, 0.6) is 5.88 Å². The number of thiazole rings is 1. The monoisotopic (exact) mass is 347 g/mol. The van der Waals surface area contributed by atoms with Crippen LogP contribution in [0.2, 0.25) is 0 Å². The first-order valence-electron chi connectivity index (χ1n) is 5.51. The van der Waals surface area contributed by atoms with Crippen LogP contribution in [0.4, 0.5) is 10.5 Å². The first-order valence-corrected chi connectivity index (χ1v) is 7.19. The molecule has 19 heavy (non-hydrogen) atoms. The Morgan fingerprint density at radius 2 is 2.21 bits per heavy atom. The molecule has 0 aliphatic rings. The van der Waals surface area contributed by atoms with Gasteiger partial charge in [-0.05, 0) is 36.7 Å². The molecule has 1 N–H and O–H groups in total. The molecule has 0 radical (unpaired) electrons. The van der Waals surface area contributed by atoms with Crippen molar-refractivity contribution in [3.8, 4) is 5.88 Å². The van der Waals surface area contributed by atoms with E-state index in [1.807, 2.05) is 5.38 Å². The van der Waals surface area contributed by atoms with E-state index >= 15 is 0 Å². The zero-order chi connectivity index (χ0) is 14.2. The van der Waals surface area contributed by atoms with Gasteiger partial charge < -0.3 is 9.47 Å². The van der Waals surface area contributed by atoms with Crippen LogP contribution in [0.1, 0.15) is 20.8 Å². The SMILES string of the molecule is COc1nn2c(Br)csc2c1NC(=O)OC(C)(C)C. The molecule has 8 heteroatoms. The van der Waals surface area contributed by atoms with Gasteiger partial charge in [-0.1, -0.05) is 0 Å². The van der Waals surface area contributed by atoms with Crippen LogP contribution >= 0.6 is 27.3 Å². The van der Waals surface area contributed by atoms with Gasteiger partial charge in [-0.25, -0.2) is 9.31 Å². The standard InChI is InChI=1S/C11H14BrN3O3S/c1-11(2,3)18-10(16)13-7-8(17-4)14-15-6(12)5-19-9(7)15/h5H,1-4H3,(H,13,16). The molecule has 2 aromatic heterocycles. The van der Waals surface area contributed by atoms with Crippen molar-refractivity contribution in [3.63, 3.8) is 0 Å². The second-order valence-corrected chi connectivity index (χ2v) is 6.46. The summed E-state index contributed by atoms with van der Waals surface area (Å²) in [6.07, 6.45) is -0.537. The minimum absolute atomic E-state index is 0.346. The summed E-state index contributed by atoms with van der Waals surface area (Å²) in [6, 6.07) is 0. The van der Waals surface area contributed by atoms with Gasteiger partial charge in [-0.3, -0.25) is 5.32 Å². The van der Waals surface area contributed by atoms with E-state index in [1.165, 1.54) is 18.4 Å². The number of hydrogen-bond acceptors (Lipinski definition) is 5. The molecule has 0 aliphatic heterocycles. The number of aromatic nitrogens is 2. The van der Waals surface area contributed by atoms with Crippen molar-refractivity contribution in [3.05, 3.63) is 9.98 Å². The predicted octanol–water partition coefficient (Wildman–Crippen LogP) is 3.51. The molecule has 0 atom stereocenters. The Bertz CT molecular complexity index is 614. The highest BCUT2D eigenvalue weighted by Gasteiger charge is 2.22. The summed E-state index contributed by atoms with van der Waals surface area (Å²) in [5, 5.41) is 8.78. The van der Waals surface area contributed by atoms with Gasteiger partial charge in [0.05, 0.1) is 7.11 Å². The van der Waals surface area contributed by atoms with Gasteiger partial charge in [-0.2, -0.15) is 0 Å². The maximum absolute atomic E-state index is 11.8. The van der Waals surface area contributed by atoms with E-state index in [0.717, 1.165) is 9.43 Å². The summed E-state index contributed by atoms with van der Waals surface area (Å²) in [6.45, 7) is 5.41. The fourth-order valence-electron chi connectivity index (χ4n) is 1.45. The van der Waals surface area contributed by atoms with Gasteiger partial charge in [0, 0.05) is 5.38 Å². The molecule has 104 valence electrons. The van der Waals surface area contributed by atoms with Crippen molar-refractivity contribution in [1.29, 1.82) is 0 Å². The highest BCUT2D eigenvalue weighted by atomic mass is 79.9. The van der Waals surface area contributed by atoms with Gasteiger partial charge in [-0.15, -0.1) is 16.4 Å². The van der Waals surface area contributed by atoms with Crippen molar-refractivity contribution in [2.45, 2.75) is 26.4 Å². The summed E-state index contributed by atoms with van der Waals surface area (Å²) in [5.41, 5.74) is -0.0490. The third kappa shape index (κ3) is 3.01. The molecule has 0 saturated carbocycles. The van der Waals surface area contributed by atoms with Crippen LogP contribution in [-0.2, 0) is 4.74 Å². The van der Waals surface area contributed by atoms with E-state index in [2.05, 4.69) is 26.3 Å². The van der Waals surface area contributed by atoms with Crippen LogP contribution in [0, 0.1) is 0 Å². The lowest BCUT2D eigenvalue weighted by atomic mass is 10.2. The average Bonchev–Trinajstić information content (AvgIpc) is 2.78. The zero-order valence-electron chi connectivity index (χ0n) is 11.0. The minimum Gasteiger partial charge on any atom is -0.478 e. The summed E-state index contributed by atoms with van der Waals surface area (Å²) >= 11 is 4.81. The Kier molecular flexibility index (Phi) is 3.73. The zero-order valence-corrected chi connectivity index (χ0v) is 13.4. The third-order valence-corrected chi connectivity index (χ3v) is 3.91. The topological polar surface area (TPSA) is 64.9 Å². The number of carbonyl (C=O) groups is 1. The largest absolute Gasteiger partial charge is 0.478 e. The quantitative estimate of drug-likeness (QED) is 0.902. The first-order chi connectivity index (χ1) is 8.81. The number of nitrogens with one attached hydrogen (secondary N) is 1. The first kappa shape index (κ1) is 14.1. The molecule has 1 amide bonds. The second kappa shape index (κ2) is 5.01. The Hall–Kier alpha value is -1.28. The van der Waals surface area contributed by atoms with E-state index in [-0.39, 0.29) is 0 Å². The maximum Gasteiger partial charge on any atom is 0.412 e. The molecular formula is C11H14BrN3O3S. The summed E-state index contributed by atoms with van der Waals surface area (Å²) < 4.78 is 12.8. The van der Waals surface area contributed by atoms with Crippen molar-refractivity contribution in [2.75, 3.05) is 12.4 Å². The van der Waals surface area contributed by atoms with Crippen molar-refractivity contribution >= 4 is 43.9 Å². The molecule has 0 aliphatic carbocycles. The van der Waals surface area contributed by atoms with Crippen LogP contribution < -0.4 is 10.1 Å². The molecule has 2 heterocycles. The molecule has 0 spiro atoms.